The van der Waals surface area contributed by atoms with Gasteiger partial charge in [-0.3, -0.25) is 4.79 Å². The number of aromatic nitrogens is 2. The van der Waals surface area contributed by atoms with Crippen LogP contribution in [0, 0.1) is 0 Å². The van der Waals surface area contributed by atoms with Gasteiger partial charge in [0.15, 0.2) is 0 Å². The second-order valence-corrected chi connectivity index (χ2v) is 7.14. The zero-order valence-electron chi connectivity index (χ0n) is 11.2. The van der Waals surface area contributed by atoms with Gasteiger partial charge in [0.1, 0.15) is 0 Å². The molecule has 2 rings (SSSR count). The normalized spacial score (nSPS) is 12.3. The van der Waals surface area contributed by atoms with Crippen molar-refractivity contribution < 1.29 is 9.21 Å². The van der Waals surface area contributed by atoms with Gasteiger partial charge in [-0.1, -0.05) is 17.8 Å². The molecule has 0 spiro atoms. The second kappa shape index (κ2) is 7.70. The predicted molar refractivity (Wildman–Crippen MR) is 83.0 cm³/mol. The summed E-state index contributed by atoms with van der Waals surface area (Å²) >= 11 is 4.52. The lowest BCUT2D eigenvalue weighted by molar-refractivity contribution is -0.120. The van der Waals surface area contributed by atoms with E-state index in [9.17, 15) is 4.79 Å². The summed E-state index contributed by atoms with van der Waals surface area (Å²) < 4.78 is 5.44. The van der Waals surface area contributed by atoms with Crippen molar-refractivity contribution in [1.82, 2.24) is 15.5 Å². The van der Waals surface area contributed by atoms with Crippen molar-refractivity contribution >= 4 is 40.8 Å². The molecule has 0 aliphatic carbocycles. The van der Waals surface area contributed by atoms with Crippen LogP contribution in [0.1, 0.15) is 17.7 Å². The Bertz CT molecular complexity index is 542. The zero-order valence-corrected chi connectivity index (χ0v) is 13.6. The average Bonchev–Trinajstić information content (AvgIpc) is 3.08. The molecular weight excluding hydrogens is 314 g/mol. The second-order valence-electron chi connectivity index (χ2n) is 3.95. The predicted octanol–water partition coefficient (Wildman–Crippen LogP) is 2.79. The number of amides is 1. The maximum atomic E-state index is 12.0. The molecule has 0 fully saturated rings. The van der Waals surface area contributed by atoms with E-state index in [1.165, 1.54) is 11.8 Å². The minimum atomic E-state index is -0.266. The summed E-state index contributed by atoms with van der Waals surface area (Å²) in [4.78, 5) is 13.1. The van der Waals surface area contributed by atoms with Crippen LogP contribution in [-0.4, -0.2) is 27.6 Å². The van der Waals surface area contributed by atoms with E-state index in [0.29, 0.717) is 23.4 Å². The van der Waals surface area contributed by atoms with Crippen LogP contribution >= 0.6 is 34.9 Å². The number of rotatable bonds is 7. The summed E-state index contributed by atoms with van der Waals surface area (Å²) in [5.74, 6) is 1.24. The molecule has 2 aromatic heterocycles. The highest BCUT2D eigenvalue weighted by atomic mass is 32.2. The number of thioether (sulfide) groups is 2. The van der Waals surface area contributed by atoms with Crippen molar-refractivity contribution in [2.75, 3.05) is 6.26 Å². The van der Waals surface area contributed by atoms with Gasteiger partial charge in [-0.05, 0) is 24.6 Å². The van der Waals surface area contributed by atoms with Gasteiger partial charge in [0.25, 0.3) is 5.22 Å². The average molecular weight is 329 g/mol. The maximum Gasteiger partial charge on any atom is 0.277 e. The van der Waals surface area contributed by atoms with Gasteiger partial charge >= 0.3 is 0 Å². The molecule has 0 saturated carbocycles. The monoisotopic (exact) mass is 329 g/mol. The SMILES string of the molecule is CSCc1nnc(SC(C)C(=O)NCc2cccs2)o1. The van der Waals surface area contributed by atoms with Gasteiger partial charge < -0.3 is 9.73 Å². The van der Waals surface area contributed by atoms with Crippen LogP contribution in [-0.2, 0) is 17.1 Å². The van der Waals surface area contributed by atoms with Crippen LogP contribution in [0.3, 0.4) is 0 Å². The molecule has 0 radical (unpaired) electrons. The van der Waals surface area contributed by atoms with E-state index in [-0.39, 0.29) is 11.2 Å². The first-order chi connectivity index (χ1) is 9.69. The van der Waals surface area contributed by atoms with Crippen molar-refractivity contribution in [3.8, 4) is 0 Å². The Morgan fingerprint density at radius 2 is 2.40 bits per heavy atom. The van der Waals surface area contributed by atoms with Gasteiger partial charge in [0.05, 0.1) is 17.5 Å². The van der Waals surface area contributed by atoms with Crippen molar-refractivity contribution in [3.05, 3.63) is 28.3 Å². The fourth-order valence-corrected chi connectivity index (χ4v) is 3.14. The van der Waals surface area contributed by atoms with Crippen LogP contribution in [0.2, 0.25) is 0 Å². The molecule has 1 atom stereocenters. The number of carbonyl (C=O) groups is 1. The molecular formula is C12H15N3O2S3. The third kappa shape index (κ3) is 4.53. The lowest BCUT2D eigenvalue weighted by Crippen LogP contribution is -2.30. The molecule has 1 amide bonds. The van der Waals surface area contributed by atoms with Crippen molar-refractivity contribution in [2.24, 2.45) is 0 Å². The summed E-state index contributed by atoms with van der Waals surface area (Å²) in [7, 11) is 0. The third-order valence-corrected chi connectivity index (χ3v) is 4.73. The van der Waals surface area contributed by atoms with E-state index in [1.807, 2.05) is 30.7 Å². The summed E-state index contributed by atoms with van der Waals surface area (Å²) in [5, 5.41) is 12.9. The van der Waals surface area contributed by atoms with E-state index < -0.39 is 0 Å². The van der Waals surface area contributed by atoms with E-state index in [4.69, 9.17) is 4.42 Å². The first-order valence-electron chi connectivity index (χ1n) is 5.97. The highest BCUT2D eigenvalue weighted by Crippen LogP contribution is 2.23. The lowest BCUT2D eigenvalue weighted by Gasteiger charge is -2.08. The van der Waals surface area contributed by atoms with E-state index in [0.717, 1.165) is 4.88 Å². The molecule has 20 heavy (non-hydrogen) atoms. The Kier molecular flexibility index (Phi) is 5.93. The van der Waals surface area contributed by atoms with E-state index >= 15 is 0 Å². The molecule has 8 heteroatoms. The Morgan fingerprint density at radius 3 is 3.10 bits per heavy atom. The number of nitrogens with zero attached hydrogens (tertiary/aromatic N) is 2. The fraction of sp³-hybridized carbons (Fsp3) is 0.417. The van der Waals surface area contributed by atoms with Crippen LogP contribution in [0.25, 0.3) is 0 Å². The lowest BCUT2D eigenvalue weighted by atomic mass is 10.4. The van der Waals surface area contributed by atoms with Gasteiger partial charge in [-0.15, -0.1) is 21.5 Å². The van der Waals surface area contributed by atoms with Crippen LogP contribution in [0.15, 0.2) is 27.2 Å². The molecule has 0 aliphatic rings. The molecule has 0 bridgehead atoms. The summed E-state index contributed by atoms with van der Waals surface area (Å²) in [5.41, 5.74) is 0. The molecule has 0 saturated heterocycles. The maximum absolute atomic E-state index is 12.0. The van der Waals surface area contributed by atoms with Crippen molar-refractivity contribution in [2.45, 2.75) is 29.7 Å². The summed E-state index contributed by atoms with van der Waals surface area (Å²) in [6, 6.07) is 3.96. The zero-order chi connectivity index (χ0) is 14.4. The smallest absolute Gasteiger partial charge is 0.277 e. The first kappa shape index (κ1) is 15.4. The molecule has 0 aromatic carbocycles. The van der Waals surface area contributed by atoms with Gasteiger partial charge in [0.2, 0.25) is 11.8 Å². The standard InChI is InChI=1S/C12H15N3O2S3/c1-8(11(16)13-6-9-4-3-5-19-9)20-12-15-14-10(17-12)7-18-2/h3-5,8H,6-7H2,1-2H3,(H,13,16). The number of thiophene rings is 1. The molecule has 108 valence electrons. The molecule has 0 aliphatic heterocycles. The Hall–Kier alpha value is -0.990. The number of hydrogen-bond acceptors (Lipinski definition) is 7. The van der Waals surface area contributed by atoms with Crippen LogP contribution < -0.4 is 5.32 Å². The largest absolute Gasteiger partial charge is 0.415 e. The Labute approximate surface area is 129 Å². The molecule has 2 aromatic rings. The highest BCUT2D eigenvalue weighted by molar-refractivity contribution is 8.00. The molecule has 5 nitrogen and oxygen atoms in total. The fourth-order valence-electron chi connectivity index (χ4n) is 1.40. The Morgan fingerprint density at radius 1 is 1.55 bits per heavy atom. The number of nitrogens with one attached hydrogen (secondary N) is 1. The molecule has 2 heterocycles. The van der Waals surface area contributed by atoms with Crippen molar-refractivity contribution in [3.63, 3.8) is 0 Å². The topological polar surface area (TPSA) is 68.0 Å². The Balaban J connectivity index is 1.80. The minimum absolute atomic E-state index is 0.0342. The van der Waals surface area contributed by atoms with Gasteiger partial charge in [-0.25, -0.2) is 0 Å². The van der Waals surface area contributed by atoms with E-state index in [1.54, 1.807) is 23.1 Å². The van der Waals surface area contributed by atoms with E-state index in [2.05, 4.69) is 15.5 Å². The third-order valence-electron chi connectivity index (χ3n) is 2.38. The molecule has 1 N–H and O–H groups in total. The quantitative estimate of drug-likeness (QED) is 0.788. The highest BCUT2D eigenvalue weighted by Gasteiger charge is 2.18. The number of hydrogen-bond donors (Lipinski definition) is 1. The van der Waals surface area contributed by atoms with Crippen LogP contribution in [0.5, 0.6) is 0 Å². The van der Waals surface area contributed by atoms with Crippen molar-refractivity contribution in [1.29, 1.82) is 0 Å². The molecule has 1 unspecified atom stereocenters. The summed E-state index contributed by atoms with van der Waals surface area (Å²) in [6.07, 6.45) is 1.97. The summed E-state index contributed by atoms with van der Waals surface area (Å²) in [6.45, 7) is 2.38. The minimum Gasteiger partial charge on any atom is -0.415 e. The van der Waals surface area contributed by atoms with Gasteiger partial charge in [0, 0.05) is 4.88 Å². The first-order valence-corrected chi connectivity index (χ1v) is 9.12. The number of carbonyl (C=O) groups excluding carboxylic acids is 1. The van der Waals surface area contributed by atoms with Gasteiger partial charge in [-0.2, -0.15) is 11.8 Å². The van der Waals surface area contributed by atoms with Crippen LogP contribution in [0.4, 0.5) is 0 Å².